The van der Waals surface area contributed by atoms with Gasteiger partial charge in [-0.1, -0.05) is 52.8 Å². The number of halogens is 3. The van der Waals surface area contributed by atoms with Gasteiger partial charge in [0.05, 0.1) is 22.4 Å². The van der Waals surface area contributed by atoms with Crippen molar-refractivity contribution in [2.45, 2.75) is 78.3 Å². The molecular formula is C42H52F3N7. The van der Waals surface area contributed by atoms with E-state index in [9.17, 15) is 8.78 Å². The summed E-state index contributed by atoms with van der Waals surface area (Å²) in [7, 11) is 1.98. The second-order valence-corrected chi connectivity index (χ2v) is 14.3. The molecule has 1 aliphatic rings. The number of hydrogen-bond acceptors (Lipinski definition) is 5. The molecule has 4 aromatic rings. The molecule has 2 N–H and O–H groups in total. The van der Waals surface area contributed by atoms with Gasteiger partial charge in [0.1, 0.15) is 17.5 Å². The number of rotatable bonds is 16. The number of hydrogen-bond donors (Lipinski definition) is 2. The number of H-pyrrole nitrogens is 1. The summed E-state index contributed by atoms with van der Waals surface area (Å²) >= 11 is 0. The zero-order valence-electron chi connectivity index (χ0n) is 31.0. The molecule has 0 unspecified atom stereocenters. The summed E-state index contributed by atoms with van der Waals surface area (Å²) in [5, 5.41) is 7.62. The van der Waals surface area contributed by atoms with Gasteiger partial charge in [0, 0.05) is 85.7 Å². The Kier molecular flexibility index (Phi) is 12.8. The molecule has 1 atom stereocenters. The van der Waals surface area contributed by atoms with E-state index in [-0.39, 0.29) is 11.9 Å². The lowest BCUT2D eigenvalue weighted by Crippen LogP contribution is -2.43. The van der Waals surface area contributed by atoms with Crippen LogP contribution in [0.1, 0.15) is 80.5 Å². The van der Waals surface area contributed by atoms with Gasteiger partial charge in [-0.3, -0.25) is 4.98 Å². The number of pyridine rings is 1. The van der Waals surface area contributed by atoms with Crippen molar-refractivity contribution in [2.24, 2.45) is 10.9 Å². The van der Waals surface area contributed by atoms with E-state index in [1.54, 1.807) is 0 Å². The van der Waals surface area contributed by atoms with Gasteiger partial charge in [-0.25, -0.2) is 18.2 Å². The lowest BCUT2D eigenvalue weighted by Gasteiger charge is -2.38. The Balaban J connectivity index is 1.39. The number of nitrogens with one attached hydrogen (secondary N) is 2. The minimum Gasteiger partial charge on any atom is -0.371 e. The van der Waals surface area contributed by atoms with Crippen LogP contribution in [0.15, 0.2) is 67.2 Å². The van der Waals surface area contributed by atoms with E-state index in [1.807, 2.05) is 32.2 Å². The van der Waals surface area contributed by atoms with E-state index in [1.165, 1.54) is 30.8 Å². The lowest BCUT2D eigenvalue weighted by molar-refractivity contribution is 0.162. The normalized spacial score (nSPS) is 14.9. The smallest absolute Gasteiger partial charge is 0.208 e. The molecule has 0 aliphatic carbocycles. The Hall–Kier alpha value is -4.70. The fourth-order valence-electron chi connectivity index (χ4n) is 7.08. The average Bonchev–Trinajstić information content (AvgIpc) is 3.43. The first-order valence-electron chi connectivity index (χ1n) is 18.3. The molecular weight excluding hydrogens is 660 g/mol. The van der Waals surface area contributed by atoms with Crippen LogP contribution in [0.2, 0.25) is 0 Å². The quantitative estimate of drug-likeness (QED) is 0.0900. The molecule has 52 heavy (non-hydrogen) atoms. The van der Waals surface area contributed by atoms with Gasteiger partial charge in [0.2, 0.25) is 5.62 Å². The molecule has 7 nitrogen and oxygen atoms in total. The number of aryl methyl sites for hydroxylation is 1. The van der Waals surface area contributed by atoms with E-state index >= 15 is 4.39 Å². The van der Waals surface area contributed by atoms with Crippen LogP contribution in [0.4, 0.5) is 13.2 Å². The first kappa shape index (κ1) is 38.5. The first-order valence-corrected chi connectivity index (χ1v) is 18.3. The van der Waals surface area contributed by atoms with Gasteiger partial charge < -0.3 is 24.8 Å². The number of unbranched alkanes of at least 4 members (excludes halogenated alkanes) is 2. The molecule has 1 fully saturated rings. The highest BCUT2D eigenvalue weighted by molar-refractivity contribution is 6.06. The maximum atomic E-state index is 16.0. The molecule has 0 radical (unpaired) electrons. The SMILES string of the molecule is C=C(/N=c1\[nH]c2cc(F)c(C(=C)N(C)C3CCN(CCc4cc(F)cc(F)c4)CC3)cc2n1C[C@H](C)CCCCC)c1cc(C)nc(C(=C)C=N)c1. The van der Waals surface area contributed by atoms with E-state index in [0.29, 0.717) is 63.8 Å². The minimum atomic E-state index is -0.553. The van der Waals surface area contributed by atoms with E-state index in [4.69, 9.17) is 10.4 Å². The summed E-state index contributed by atoms with van der Waals surface area (Å²) in [5.74, 6) is -1.11. The summed E-state index contributed by atoms with van der Waals surface area (Å²) < 4.78 is 45.4. The monoisotopic (exact) mass is 711 g/mol. The Labute approximate surface area is 305 Å². The van der Waals surface area contributed by atoms with Crippen LogP contribution in [-0.4, -0.2) is 63.3 Å². The third kappa shape index (κ3) is 9.39. The van der Waals surface area contributed by atoms with Gasteiger partial charge in [-0.2, -0.15) is 0 Å². The van der Waals surface area contributed by atoms with Crippen LogP contribution >= 0.6 is 0 Å². The predicted molar refractivity (Wildman–Crippen MR) is 207 cm³/mol. The Bertz CT molecular complexity index is 2000. The van der Waals surface area contributed by atoms with Gasteiger partial charge >= 0.3 is 0 Å². The Morgan fingerprint density at radius 1 is 1.06 bits per heavy atom. The number of fused-ring (bicyclic) bond motifs is 1. The van der Waals surface area contributed by atoms with Crippen molar-refractivity contribution in [1.29, 1.82) is 5.41 Å². The van der Waals surface area contributed by atoms with Gasteiger partial charge in [-0.05, 0) is 74.4 Å². The van der Waals surface area contributed by atoms with Crippen LogP contribution in [0.5, 0.6) is 0 Å². The van der Waals surface area contributed by atoms with Gasteiger partial charge in [-0.15, -0.1) is 0 Å². The molecule has 2 aromatic carbocycles. The predicted octanol–water partition coefficient (Wildman–Crippen LogP) is 9.15. The van der Waals surface area contributed by atoms with E-state index < -0.39 is 11.6 Å². The molecule has 1 saturated heterocycles. The molecule has 0 bridgehead atoms. The highest BCUT2D eigenvalue weighted by atomic mass is 19.1. The van der Waals surface area contributed by atoms with E-state index in [2.05, 4.69) is 57.9 Å². The largest absolute Gasteiger partial charge is 0.371 e. The number of imidazole rings is 1. The maximum Gasteiger partial charge on any atom is 0.208 e. The summed E-state index contributed by atoms with van der Waals surface area (Å²) in [4.78, 5) is 17.2. The van der Waals surface area contributed by atoms with Crippen molar-refractivity contribution in [3.05, 3.63) is 113 Å². The number of allylic oxidation sites excluding steroid dienone is 1. The molecule has 2 aromatic heterocycles. The Morgan fingerprint density at radius 3 is 2.44 bits per heavy atom. The van der Waals surface area contributed by atoms with Crippen molar-refractivity contribution < 1.29 is 13.2 Å². The fourth-order valence-corrected chi connectivity index (χ4v) is 7.08. The maximum absolute atomic E-state index is 16.0. The summed E-state index contributed by atoms with van der Waals surface area (Å²) in [6, 6.07) is 11.0. The van der Waals surface area contributed by atoms with Crippen molar-refractivity contribution in [3.8, 4) is 0 Å². The molecule has 10 heteroatoms. The van der Waals surface area contributed by atoms with Crippen molar-refractivity contribution in [1.82, 2.24) is 24.3 Å². The molecule has 3 heterocycles. The lowest BCUT2D eigenvalue weighted by atomic mass is 10.0. The highest BCUT2D eigenvalue weighted by Crippen LogP contribution is 2.29. The number of aromatic nitrogens is 3. The molecule has 1 aliphatic heterocycles. The number of nitrogens with zero attached hydrogens (tertiary/aromatic N) is 5. The van der Waals surface area contributed by atoms with Gasteiger partial charge in [0.25, 0.3) is 0 Å². The molecule has 0 saturated carbocycles. The fraction of sp³-hybridized carbons (Fsp3) is 0.405. The van der Waals surface area contributed by atoms with Crippen LogP contribution in [-0.2, 0) is 13.0 Å². The minimum absolute atomic E-state index is 0.175. The van der Waals surface area contributed by atoms with E-state index in [0.717, 1.165) is 74.6 Å². The van der Waals surface area contributed by atoms with Gasteiger partial charge in [0.15, 0.2) is 0 Å². The number of piperidine rings is 1. The molecule has 0 spiro atoms. The molecule has 5 rings (SSSR count). The van der Waals surface area contributed by atoms with Crippen molar-refractivity contribution >= 4 is 34.2 Å². The third-order valence-electron chi connectivity index (χ3n) is 10.2. The molecule has 276 valence electrons. The summed E-state index contributed by atoms with van der Waals surface area (Å²) in [6.45, 7) is 22.0. The number of aromatic amines is 1. The summed E-state index contributed by atoms with van der Waals surface area (Å²) in [5.41, 5.74) is 6.91. The average molecular weight is 712 g/mol. The van der Waals surface area contributed by atoms with Crippen LogP contribution in [0.25, 0.3) is 28.0 Å². The second-order valence-electron chi connectivity index (χ2n) is 14.3. The zero-order chi connectivity index (χ0) is 37.5. The number of benzene rings is 2. The topological polar surface area (TPSA) is 76.3 Å². The number of likely N-dealkylation sites (tertiary alicyclic amines) is 1. The van der Waals surface area contributed by atoms with Crippen LogP contribution in [0, 0.1) is 35.7 Å². The Morgan fingerprint density at radius 2 is 1.77 bits per heavy atom. The van der Waals surface area contributed by atoms with Crippen LogP contribution < -0.4 is 5.62 Å². The first-order chi connectivity index (χ1) is 24.9. The third-order valence-corrected chi connectivity index (χ3v) is 10.2. The standard InChI is InChI=1S/C42H52F3N7/c1-8-9-10-11-27(2)26-52-41-23-37(31(6)50(7)36-13-16-51(17-14-36)15-12-32-19-34(43)22-35(44)20-32)38(45)24-40(41)49-42(52)48-30(5)33-18-29(4)47-39(21-33)28(3)25-46/h18-25,27,36,46H,3,5-6,8-17,26H2,1-2,4,7H3,(H,48,49)/t27-/m1/s1. The zero-order valence-corrected chi connectivity index (χ0v) is 31.0. The van der Waals surface area contributed by atoms with Crippen molar-refractivity contribution in [2.75, 3.05) is 26.7 Å². The second kappa shape index (κ2) is 17.2. The van der Waals surface area contributed by atoms with Crippen molar-refractivity contribution in [3.63, 3.8) is 0 Å². The van der Waals surface area contributed by atoms with Crippen LogP contribution in [0.3, 0.4) is 0 Å². The highest BCUT2D eigenvalue weighted by Gasteiger charge is 2.25. The summed E-state index contributed by atoms with van der Waals surface area (Å²) in [6.07, 6.45) is 8.02. The molecule has 0 amide bonds.